The molecule has 1 aromatic heterocycles. The number of carbonyl (C=O) groups is 1. The quantitative estimate of drug-likeness (QED) is 0.878. The van der Waals surface area contributed by atoms with E-state index in [1.165, 1.54) is 0 Å². The molecule has 1 aliphatic heterocycles. The minimum atomic E-state index is -0.212. The van der Waals surface area contributed by atoms with Crippen LogP contribution in [0.25, 0.3) is 0 Å². The van der Waals surface area contributed by atoms with Crippen molar-refractivity contribution in [1.82, 2.24) is 4.90 Å². The highest BCUT2D eigenvalue weighted by atomic mass is 16.4. The van der Waals surface area contributed by atoms with Gasteiger partial charge in [0.2, 0.25) is 0 Å². The molecule has 0 saturated carbocycles. The van der Waals surface area contributed by atoms with Crippen LogP contribution >= 0.6 is 0 Å². The minimum absolute atomic E-state index is 0.0907. The summed E-state index contributed by atoms with van der Waals surface area (Å²) < 4.78 is 5.40. The monoisotopic (exact) mass is 281 g/mol. The van der Waals surface area contributed by atoms with Gasteiger partial charge in [-0.2, -0.15) is 0 Å². The second-order valence-electron chi connectivity index (χ2n) is 6.03. The topological polar surface area (TPSA) is 73.9 Å². The highest BCUT2D eigenvalue weighted by Gasteiger charge is 2.42. The van der Waals surface area contributed by atoms with Crippen molar-refractivity contribution in [3.8, 4) is 0 Å². The van der Waals surface area contributed by atoms with Crippen molar-refractivity contribution in [2.45, 2.75) is 33.8 Å². The number of hydrogen-bond acceptors (Lipinski definition) is 4. The smallest absolute Gasteiger partial charge is 0.289 e. The van der Waals surface area contributed by atoms with E-state index in [-0.39, 0.29) is 24.5 Å². The maximum atomic E-state index is 12.5. The number of furan rings is 1. The molecule has 1 unspecified atom stereocenters. The van der Waals surface area contributed by atoms with E-state index >= 15 is 0 Å². The zero-order chi connectivity index (χ0) is 14.9. The Bertz CT molecular complexity index is 494. The van der Waals surface area contributed by atoms with Gasteiger partial charge in [-0.05, 0) is 25.3 Å². The van der Waals surface area contributed by atoms with Crippen LogP contribution in [0.4, 0.5) is 0 Å². The van der Waals surface area contributed by atoms with Crippen molar-refractivity contribution >= 4 is 5.91 Å². The number of amides is 1. The molecule has 1 fully saturated rings. The van der Waals surface area contributed by atoms with Crippen LogP contribution in [0.5, 0.6) is 0 Å². The van der Waals surface area contributed by atoms with E-state index in [2.05, 4.69) is 13.8 Å². The standard InChI is InChI=1S/C15H23NO4/c1-10(2)15(9-18)4-5-16(8-15)14(19)13-11(3)6-12(7-17)20-13/h6,10,17-18H,4-5,7-9H2,1-3H3. The Morgan fingerprint density at radius 3 is 2.65 bits per heavy atom. The highest BCUT2D eigenvalue weighted by molar-refractivity contribution is 5.93. The number of likely N-dealkylation sites (tertiary alicyclic amines) is 1. The third-order valence-electron chi connectivity index (χ3n) is 4.53. The summed E-state index contributed by atoms with van der Waals surface area (Å²) in [5.41, 5.74) is 0.528. The van der Waals surface area contributed by atoms with Crippen LogP contribution in [0.1, 0.15) is 42.1 Å². The molecule has 2 heterocycles. The molecule has 2 N–H and O–H groups in total. The second-order valence-corrected chi connectivity index (χ2v) is 6.03. The van der Waals surface area contributed by atoms with Crippen molar-refractivity contribution in [2.75, 3.05) is 19.7 Å². The summed E-state index contributed by atoms with van der Waals surface area (Å²) in [5, 5.41) is 18.7. The molecule has 1 saturated heterocycles. The fourth-order valence-electron chi connectivity index (χ4n) is 2.83. The summed E-state index contributed by atoms with van der Waals surface area (Å²) in [6.07, 6.45) is 0.805. The summed E-state index contributed by atoms with van der Waals surface area (Å²) in [7, 11) is 0. The Balaban J connectivity index is 2.17. The molecule has 5 heteroatoms. The van der Waals surface area contributed by atoms with Gasteiger partial charge in [0.1, 0.15) is 12.4 Å². The van der Waals surface area contributed by atoms with Gasteiger partial charge in [0.25, 0.3) is 5.91 Å². The van der Waals surface area contributed by atoms with Gasteiger partial charge in [0.05, 0.1) is 6.61 Å². The van der Waals surface area contributed by atoms with Crippen molar-refractivity contribution in [2.24, 2.45) is 11.3 Å². The molecule has 5 nitrogen and oxygen atoms in total. The van der Waals surface area contributed by atoms with Gasteiger partial charge in [-0.1, -0.05) is 13.8 Å². The molecule has 0 spiro atoms. The summed E-state index contributed by atoms with van der Waals surface area (Å²) in [6, 6.07) is 1.69. The molecular weight excluding hydrogens is 258 g/mol. The first-order valence-corrected chi connectivity index (χ1v) is 7.04. The van der Waals surface area contributed by atoms with Crippen LogP contribution in [0.15, 0.2) is 10.5 Å². The molecule has 0 radical (unpaired) electrons. The lowest BCUT2D eigenvalue weighted by molar-refractivity contribution is 0.0623. The van der Waals surface area contributed by atoms with Crippen molar-refractivity contribution in [3.05, 3.63) is 23.2 Å². The van der Waals surface area contributed by atoms with Crippen LogP contribution in [-0.4, -0.2) is 40.7 Å². The molecule has 2 rings (SSSR count). The molecule has 1 atom stereocenters. The Labute approximate surface area is 119 Å². The summed E-state index contributed by atoms with van der Waals surface area (Å²) in [4.78, 5) is 14.2. The zero-order valence-electron chi connectivity index (χ0n) is 12.3. The Morgan fingerprint density at radius 1 is 1.50 bits per heavy atom. The number of carbonyl (C=O) groups excluding carboxylic acids is 1. The lowest BCUT2D eigenvalue weighted by Crippen LogP contribution is -2.37. The predicted octanol–water partition coefficient (Wildman–Crippen LogP) is 1.56. The van der Waals surface area contributed by atoms with Crippen molar-refractivity contribution < 1.29 is 19.4 Å². The molecule has 0 aromatic carbocycles. The fraction of sp³-hybridized carbons (Fsp3) is 0.667. The van der Waals surface area contributed by atoms with Crippen LogP contribution < -0.4 is 0 Å². The molecular formula is C15H23NO4. The van der Waals surface area contributed by atoms with Gasteiger partial charge in [-0.25, -0.2) is 0 Å². The van der Waals surface area contributed by atoms with Gasteiger partial charge in [0, 0.05) is 24.1 Å². The van der Waals surface area contributed by atoms with E-state index in [0.717, 1.165) is 12.0 Å². The van der Waals surface area contributed by atoms with E-state index in [4.69, 9.17) is 9.52 Å². The molecule has 1 aliphatic rings. The Hall–Kier alpha value is -1.33. The average Bonchev–Trinajstić information content (AvgIpc) is 3.02. The van der Waals surface area contributed by atoms with Gasteiger partial charge in [0.15, 0.2) is 5.76 Å². The molecule has 0 aliphatic carbocycles. The molecule has 20 heavy (non-hydrogen) atoms. The zero-order valence-corrected chi connectivity index (χ0v) is 12.3. The molecule has 1 amide bonds. The minimum Gasteiger partial charge on any atom is -0.453 e. The predicted molar refractivity (Wildman–Crippen MR) is 74.2 cm³/mol. The SMILES string of the molecule is Cc1cc(CO)oc1C(=O)N1CCC(CO)(C(C)C)C1. The van der Waals surface area contributed by atoms with Crippen LogP contribution in [0.3, 0.4) is 0 Å². The first-order chi connectivity index (χ1) is 9.43. The van der Waals surface area contributed by atoms with E-state index in [1.807, 2.05) is 0 Å². The van der Waals surface area contributed by atoms with Gasteiger partial charge in [-0.3, -0.25) is 4.79 Å². The van der Waals surface area contributed by atoms with Crippen molar-refractivity contribution in [3.63, 3.8) is 0 Å². The normalized spacial score (nSPS) is 22.8. The van der Waals surface area contributed by atoms with E-state index in [0.29, 0.717) is 30.5 Å². The second kappa shape index (κ2) is 5.58. The van der Waals surface area contributed by atoms with Gasteiger partial charge >= 0.3 is 0 Å². The lowest BCUT2D eigenvalue weighted by atomic mass is 9.77. The average molecular weight is 281 g/mol. The number of hydrogen-bond donors (Lipinski definition) is 2. The maximum absolute atomic E-state index is 12.5. The first-order valence-electron chi connectivity index (χ1n) is 7.04. The lowest BCUT2D eigenvalue weighted by Gasteiger charge is -2.31. The Kier molecular flexibility index (Phi) is 4.20. The van der Waals surface area contributed by atoms with Gasteiger partial charge < -0.3 is 19.5 Å². The molecule has 112 valence electrons. The van der Waals surface area contributed by atoms with E-state index in [9.17, 15) is 9.90 Å². The fourth-order valence-corrected chi connectivity index (χ4v) is 2.83. The highest BCUT2D eigenvalue weighted by Crippen LogP contribution is 2.38. The van der Waals surface area contributed by atoms with Gasteiger partial charge in [-0.15, -0.1) is 0 Å². The summed E-state index contributed by atoms with van der Waals surface area (Å²) >= 11 is 0. The molecule has 0 bridgehead atoms. The third-order valence-corrected chi connectivity index (χ3v) is 4.53. The number of aryl methyl sites for hydroxylation is 1. The van der Waals surface area contributed by atoms with Crippen molar-refractivity contribution in [1.29, 1.82) is 0 Å². The molecule has 1 aromatic rings. The number of rotatable bonds is 4. The Morgan fingerprint density at radius 2 is 2.20 bits per heavy atom. The maximum Gasteiger partial charge on any atom is 0.289 e. The number of aliphatic hydroxyl groups is 2. The largest absolute Gasteiger partial charge is 0.453 e. The third kappa shape index (κ3) is 2.47. The summed E-state index contributed by atoms with van der Waals surface area (Å²) in [6.45, 7) is 7.01. The van der Waals surface area contributed by atoms with E-state index in [1.54, 1.807) is 17.9 Å². The number of aliphatic hydroxyl groups excluding tert-OH is 2. The van der Waals surface area contributed by atoms with E-state index < -0.39 is 0 Å². The van der Waals surface area contributed by atoms with Crippen LogP contribution in [0, 0.1) is 18.3 Å². The van der Waals surface area contributed by atoms with Crippen LogP contribution in [-0.2, 0) is 6.61 Å². The van der Waals surface area contributed by atoms with Crippen LogP contribution in [0.2, 0.25) is 0 Å². The number of nitrogens with zero attached hydrogens (tertiary/aromatic N) is 1. The first kappa shape index (κ1) is 15.1. The summed E-state index contributed by atoms with van der Waals surface area (Å²) in [5.74, 6) is 0.864.